The fourth-order valence-corrected chi connectivity index (χ4v) is 4.26. The number of nitrogens with one attached hydrogen (secondary N) is 3. The quantitative estimate of drug-likeness (QED) is 0.271. The number of amides is 3. The monoisotopic (exact) mass is 547 g/mol. The maximum absolute atomic E-state index is 13.0. The lowest BCUT2D eigenvalue weighted by molar-refractivity contribution is -0.143. The molecule has 0 radical (unpaired) electrons. The van der Waals surface area contributed by atoms with Gasteiger partial charge in [-0.05, 0) is 12.1 Å². The van der Waals surface area contributed by atoms with Crippen molar-refractivity contribution in [1.82, 2.24) is 20.2 Å². The fourth-order valence-electron chi connectivity index (χ4n) is 4.26. The van der Waals surface area contributed by atoms with Crippen LogP contribution in [0.2, 0.25) is 0 Å². The van der Waals surface area contributed by atoms with Gasteiger partial charge in [-0.3, -0.25) is 14.4 Å². The van der Waals surface area contributed by atoms with E-state index in [4.69, 9.17) is 9.47 Å². The Labute approximate surface area is 232 Å². The van der Waals surface area contributed by atoms with E-state index < -0.39 is 11.8 Å². The van der Waals surface area contributed by atoms with Crippen molar-refractivity contribution in [2.24, 2.45) is 0 Å². The van der Waals surface area contributed by atoms with Crippen LogP contribution in [-0.4, -0.2) is 86.1 Å². The number of carbonyl (C=O) groups excluding carboxylic acids is 3. The van der Waals surface area contributed by atoms with E-state index in [1.54, 1.807) is 20.3 Å². The highest BCUT2D eigenvalue weighted by Crippen LogP contribution is 2.32. The Kier molecular flexibility index (Phi) is 9.34. The molecule has 1 aliphatic heterocycles. The van der Waals surface area contributed by atoms with E-state index in [-0.39, 0.29) is 11.7 Å². The third-order valence-electron chi connectivity index (χ3n) is 6.29. The number of aromatic nitrogens is 2. The molecule has 3 amide bonds. The largest absolute Gasteiger partial charge is 0.497 e. The highest BCUT2D eigenvalue weighted by molar-refractivity contribution is 6.39. The number of anilines is 3. The predicted octanol–water partition coefficient (Wildman–Crippen LogP) is 2.00. The minimum Gasteiger partial charge on any atom is -0.497 e. The summed E-state index contributed by atoms with van der Waals surface area (Å²) in [7, 11) is 3.20. The first-order valence-electron chi connectivity index (χ1n) is 12.9. The van der Waals surface area contributed by atoms with Gasteiger partial charge in [0.15, 0.2) is 5.82 Å². The lowest BCUT2D eigenvalue weighted by Crippen LogP contribution is -2.51. The second kappa shape index (κ2) is 13.3. The van der Waals surface area contributed by atoms with Crippen molar-refractivity contribution in [1.29, 1.82) is 0 Å². The molecular weight excluding hydrogens is 514 g/mol. The van der Waals surface area contributed by atoms with Gasteiger partial charge in [-0.2, -0.15) is 0 Å². The van der Waals surface area contributed by atoms with E-state index in [1.165, 1.54) is 11.8 Å². The number of hydrogen-bond acceptors (Lipinski definition) is 9. The molecule has 4 rings (SSSR count). The molecule has 1 aliphatic rings. The van der Waals surface area contributed by atoms with Gasteiger partial charge in [0.1, 0.15) is 23.1 Å². The van der Waals surface area contributed by atoms with Crippen LogP contribution in [-0.2, 0) is 14.4 Å². The molecule has 1 saturated heterocycles. The molecule has 2 heterocycles. The number of methoxy groups -OCH3 is 2. The molecule has 0 saturated carbocycles. The molecule has 1 aromatic heterocycles. The first-order chi connectivity index (χ1) is 19.4. The van der Waals surface area contributed by atoms with Crippen LogP contribution in [0, 0.1) is 0 Å². The maximum Gasteiger partial charge on any atom is 0.315 e. The van der Waals surface area contributed by atoms with Crippen molar-refractivity contribution in [3.63, 3.8) is 0 Å². The van der Waals surface area contributed by atoms with Crippen LogP contribution >= 0.6 is 0 Å². The van der Waals surface area contributed by atoms with E-state index in [9.17, 15) is 14.4 Å². The van der Waals surface area contributed by atoms with Crippen LogP contribution in [0.1, 0.15) is 6.92 Å². The zero-order valence-electron chi connectivity index (χ0n) is 22.8. The van der Waals surface area contributed by atoms with Gasteiger partial charge >= 0.3 is 11.8 Å². The van der Waals surface area contributed by atoms with Crippen LogP contribution in [0.3, 0.4) is 0 Å². The van der Waals surface area contributed by atoms with Gasteiger partial charge in [0, 0.05) is 63.9 Å². The summed E-state index contributed by atoms with van der Waals surface area (Å²) in [5.74, 6) is 0.840. The molecule has 12 nitrogen and oxygen atoms in total. The van der Waals surface area contributed by atoms with E-state index in [1.807, 2.05) is 48.5 Å². The minimum atomic E-state index is -0.780. The van der Waals surface area contributed by atoms with Gasteiger partial charge < -0.3 is 35.2 Å². The smallest absolute Gasteiger partial charge is 0.315 e. The number of ether oxygens (including phenoxy) is 2. The molecule has 3 aromatic rings. The number of piperazine rings is 1. The van der Waals surface area contributed by atoms with Gasteiger partial charge in [0.25, 0.3) is 0 Å². The second-order valence-electron chi connectivity index (χ2n) is 9.01. The number of nitrogens with zero attached hydrogens (tertiary/aromatic N) is 4. The Balaban J connectivity index is 1.42. The summed E-state index contributed by atoms with van der Waals surface area (Å²) in [6, 6.07) is 16.4. The highest BCUT2D eigenvalue weighted by atomic mass is 16.5. The Morgan fingerprint density at radius 3 is 2.27 bits per heavy atom. The average Bonchev–Trinajstić information content (AvgIpc) is 2.99. The maximum atomic E-state index is 13.0. The molecule has 1 fully saturated rings. The van der Waals surface area contributed by atoms with Gasteiger partial charge in [-0.15, -0.1) is 0 Å². The summed E-state index contributed by atoms with van der Waals surface area (Å²) in [5, 5.41) is 8.46. The van der Waals surface area contributed by atoms with E-state index in [2.05, 4.69) is 30.8 Å². The first kappa shape index (κ1) is 28.1. The first-order valence-corrected chi connectivity index (χ1v) is 12.9. The number of carbonyl (C=O) groups is 3. The Hall–Kier alpha value is -4.87. The van der Waals surface area contributed by atoms with E-state index in [0.717, 1.165) is 11.3 Å². The molecule has 3 N–H and O–H groups in total. The molecule has 12 heteroatoms. The normalized spacial score (nSPS) is 12.9. The lowest BCUT2D eigenvalue weighted by Gasteiger charge is -2.36. The molecule has 0 bridgehead atoms. The summed E-state index contributed by atoms with van der Waals surface area (Å²) >= 11 is 0. The minimum absolute atomic E-state index is 0.134. The third kappa shape index (κ3) is 7.16. The molecule has 0 unspecified atom stereocenters. The van der Waals surface area contributed by atoms with Crippen LogP contribution in [0.25, 0.3) is 11.4 Å². The lowest BCUT2D eigenvalue weighted by atomic mass is 10.2. The van der Waals surface area contributed by atoms with Gasteiger partial charge in [0.2, 0.25) is 5.91 Å². The fraction of sp³-hybridized carbons (Fsp3) is 0.321. The standard InChI is InChI=1S/C28H33N7O5/c1-19(36)29-11-12-30-24-18-25(32-26(31-24)20-7-5-4-6-8-20)33-27(37)28(38)35-15-13-34(14-16-35)22-10-9-21(39-2)17-23(22)40-3/h4-10,17-18H,11-16H2,1-3H3,(H,29,36)(H2,30,31,32,33,37). The Morgan fingerprint density at radius 1 is 0.875 bits per heavy atom. The molecule has 0 aliphatic carbocycles. The summed E-state index contributed by atoms with van der Waals surface area (Å²) in [6.07, 6.45) is 0. The van der Waals surface area contributed by atoms with Gasteiger partial charge in [0.05, 0.1) is 19.9 Å². The zero-order chi connectivity index (χ0) is 28.5. The third-order valence-corrected chi connectivity index (χ3v) is 6.29. The number of rotatable bonds is 9. The molecule has 2 aromatic carbocycles. The van der Waals surface area contributed by atoms with Gasteiger partial charge in [-0.1, -0.05) is 30.3 Å². The molecule has 40 heavy (non-hydrogen) atoms. The average molecular weight is 548 g/mol. The predicted molar refractivity (Wildman–Crippen MR) is 152 cm³/mol. The molecule has 210 valence electrons. The molecular formula is C28H33N7O5. The van der Waals surface area contributed by atoms with E-state index in [0.29, 0.717) is 62.4 Å². The Bertz CT molecular complexity index is 1340. The van der Waals surface area contributed by atoms with Crippen molar-refractivity contribution in [3.8, 4) is 22.9 Å². The van der Waals surface area contributed by atoms with Crippen molar-refractivity contribution in [2.75, 3.05) is 69.0 Å². The zero-order valence-corrected chi connectivity index (χ0v) is 22.8. The summed E-state index contributed by atoms with van der Waals surface area (Å²) in [4.78, 5) is 49.7. The van der Waals surface area contributed by atoms with Crippen molar-refractivity contribution < 1.29 is 23.9 Å². The van der Waals surface area contributed by atoms with Crippen LogP contribution in [0.4, 0.5) is 17.3 Å². The number of benzene rings is 2. The topological polar surface area (TPSA) is 138 Å². The van der Waals surface area contributed by atoms with Crippen LogP contribution < -0.4 is 30.3 Å². The highest BCUT2D eigenvalue weighted by Gasteiger charge is 2.28. The van der Waals surface area contributed by atoms with Crippen molar-refractivity contribution in [2.45, 2.75) is 6.92 Å². The van der Waals surface area contributed by atoms with Crippen LogP contribution in [0.5, 0.6) is 11.5 Å². The van der Waals surface area contributed by atoms with Gasteiger partial charge in [-0.25, -0.2) is 9.97 Å². The summed E-state index contributed by atoms with van der Waals surface area (Å²) in [6.45, 7) is 4.08. The summed E-state index contributed by atoms with van der Waals surface area (Å²) < 4.78 is 10.8. The molecule has 0 spiro atoms. The second-order valence-corrected chi connectivity index (χ2v) is 9.01. The Morgan fingerprint density at radius 2 is 1.60 bits per heavy atom. The van der Waals surface area contributed by atoms with Crippen molar-refractivity contribution >= 4 is 35.0 Å². The molecule has 0 atom stereocenters. The summed E-state index contributed by atoms with van der Waals surface area (Å²) in [5.41, 5.74) is 1.65. The van der Waals surface area contributed by atoms with Crippen molar-refractivity contribution in [3.05, 3.63) is 54.6 Å². The van der Waals surface area contributed by atoms with Crippen LogP contribution in [0.15, 0.2) is 54.6 Å². The number of hydrogen-bond donors (Lipinski definition) is 3. The SMILES string of the molecule is COc1ccc(N2CCN(C(=O)C(=O)Nc3cc(NCCNC(C)=O)nc(-c4ccccc4)n3)CC2)c(OC)c1. The van der Waals surface area contributed by atoms with E-state index >= 15 is 0 Å².